The van der Waals surface area contributed by atoms with Gasteiger partial charge in [-0.25, -0.2) is 8.78 Å². The van der Waals surface area contributed by atoms with Gasteiger partial charge in [-0.1, -0.05) is 18.0 Å². The SMILES string of the molecule is O=C(c1ccc2c(c1)cc(C(=O)N1CCC(F)(F)CC1)n2-c1ccc(Cl)cc1)N1CCN(C2CCC2)CC1. The van der Waals surface area contributed by atoms with Gasteiger partial charge in [0.2, 0.25) is 0 Å². The summed E-state index contributed by atoms with van der Waals surface area (Å²) in [6, 6.07) is 15.1. The van der Waals surface area contributed by atoms with Crippen LogP contribution in [0, 0.1) is 0 Å². The number of halogens is 3. The number of piperazine rings is 1. The molecule has 3 aromatic rings. The fraction of sp³-hybridized carbons (Fsp3) is 0.448. The zero-order valence-corrected chi connectivity index (χ0v) is 22.0. The molecule has 1 saturated carbocycles. The second-order valence-corrected chi connectivity index (χ2v) is 11.1. The van der Waals surface area contributed by atoms with Crippen molar-refractivity contribution in [1.82, 2.24) is 19.3 Å². The van der Waals surface area contributed by atoms with Crippen molar-refractivity contribution in [2.75, 3.05) is 39.3 Å². The van der Waals surface area contributed by atoms with Gasteiger partial charge in [-0.2, -0.15) is 0 Å². The topological polar surface area (TPSA) is 48.8 Å². The molecule has 0 spiro atoms. The van der Waals surface area contributed by atoms with E-state index < -0.39 is 5.92 Å². The molecule has 9 heteroatoms. The molecular formula is C29H31ClF2N4O2. The highest BCUT2D eigenvalue weighted by Crippen LogP contribution is 2.32. The first-order valence-corrected chi connectivity index (χ1v) is 13.8. The van der Waals surface area contributed by atoms with Crippen molar-refractivity contribution in [3.63, 3.8) is 0 Å². The summed E-state index contributed by atoms with van der Waals surface area (Å²) in [5.74, 6) is -3.05. The lowest BCUT2D eigenvalue weighted by molar-refractivity contribution is -0.0495. The van der Waals surface area contributed by atoms with Gasteiger partial charge in [0, 0.05) is 79.8 Å². The second-order valence-electron chi connectivity index (χ2n) is 10.7. The molecule has 2 aliphatic heterocycles. The molecule has 3 fully saturated rings. The number of carbonyl (C=O) groups excluding carboxylic acids is 2. The van der Waals surface area contributed by atoms with Crippen LogP contribution >= 0.6 is 11.6 Å². The normalized spacial score (nSPS) is 20.5. The van der Waals surface area contributed by atoms with Gasteiger partial charge in [-0.05, 0) is 61.4 Å². The van der Waals surface area contributed by atoms with E-state index in [1.807, 2.05) is 39.8 Å². The lowest BCUT2D eigenvalue weighted by Crippen LogP contribution is -2.53. The van der Waals surface area contributed by atoms with Crippen molar-refractivity contribution in [1.29, 1.82) is 0 Å². The van der Waals surface area contributed by atoms with Gasteiger partial charge >= 0.3 is 0 Å². The van der Waals surface area contributed by atoms with Gasteiger partial charge in [0.05, 0.1) is 5.52 Å². The molecule has 38 heavy (non-hydrogen) atoms. The van der Waals surface area contributed by atoms with Crippen LogP contribution in [0.3, 0.4) is 0 Å². The Balaban J connectivity index is 1.30. The van der Waals surface area contributed by atoms with Gasteiger partial charge in [0.1, 0.15) is 5.69 Å². The van der Waals surface area contributed by atoms with E-state index in [1.165, 1.54) is 24.2 Å². The molecule has 1 aromatic heterocycles. The highest BCUT2D eigenvalue weighted by atomic mass is 35.5. The first kappa shape index (κ1) is 25.3. The number of likely N-dealkylation sites (tertiary alicyclic amines) is 1. The van der Waals surface area contributed by atoms with Crippen LogP contribution in [0.4, 0.5) is 8.78 Å². The number of fused-ring (bicyclic) bond motifs is 1. The van der Waals surface area contributed by atoms with E-state index in [0.717, 1.165) is 29.7 Å². The van der Waals surface area contributed by atoms with Gasteiger partial charge in [-0.15, -0.1) is 0 Å². The lowest BCUT2D eigenvalue weighted by atomic mass is 9.91. The monoisotopic (exact) mass is 540 g/mol. The standard InChI is InChI=1S/C29H31ClF2N4O2/c30-22-5-7-24(8-6-22)36-25-9-4-20(27(37)35-16-14-33(15-17-35)23-2-1-3-23)18-21(25)19-26(36)28(38)34-12-10-29(31,32)11-13-34/h4-9,18-19,23H,1-3,10-17H2. The Morgan fingerprint density at radius 2 is 1.47 bits per heavy atom. The summed E-state index contributed by atoms with van der Waals surface area (Å²) in [6.07, 6.45) is 3.14. The van der Waals surface area contributed by atoms with Crippen molar-refractivity contribution >= 4 is 34.3 Å². The third kappa shape index (κ3) is 4.80. The van der Waals surface area contributed by atoms with E-state index in [2.05, 4.69) is 4.90 Å². The summed E-state index contributed by atoms with van der Waals surface area (Å²) in [5.41, 5.74) is 2.47. The third-order valence-electron chi connectivity index (χ3n) is 8.33. The average Bonchev–Trinajstić information content (AvgIpc) is 3.26. The Bertz CT molecular complexity index is 1350. The fourth-order valence-corrected chi connectivity index (χ4v) is 5.92. The van der Waals surface area contributed by atoms with Crippen LogP contribution in [0.25, 0.3) is 16.6 Å². The quantitative estimate of drug-likeness (QED) is 0.441. The largest absolute Gasteiger partial charge is 0.337 e. The van der Waals surface area contributed by atoms with Crippen LogP contribution in [-0.4, -0.2) is 82.3 Å². The maximum atomic E-state index is 13.8. The number of benzene rings is 2. The van der Waals surface area contributed by atoms with Crippen LogP contribution < -0.4 is 0 Å². The molecule has 6 nitrogen and oxygen atoms in total. The number of alkyl halides is 2. The first-order valence-electron chi connectivity index (χ1n) is 13.4. The summed E-state index contributed by atoms with van der Waals surface area (Å²) in [4.78, 5) is 32.9. The Labute approximate surface area is 225 Å². The second kappa shape index (κ2) is 9.97. The van der Waals surface area contributed by atoms with Crippen LogP contribution in [0.2, 0.25) is 5.02 Å². The molecule has 1 aliphatic carbocycles. The van der Waals surface area contributed by atoms with E-state index in [-0.39, 0.29) is 37.7 Å². The van der Waals surface area contributed by atoms with Crippen molar-refractivity contribution in [2.45, 2.75) is 44.1 Å². The average molecular weight is 541 g/mol. The fourth-order valence-electron chi connectivity index (χ4n) is 5.80. The number of nitrogens with zero attached hydrogens (tertiary/aromatic N) is 4. The van der Waals surface area contributed by atoms with Gasteiger partial charge < -0.3 is 14.4 Å². The van der Waals surface area contributed by atoms with Gasteiger partial charge in [0.25, 0.3) is 17.7 Å². The van der Waals surface area contributed by atoms with Crippen LogP contribution in [-0.2, 0) is 0 Å². The number of rotatable bonds is 4. The summed E-state index contributed by atoms with van der Waals surface area (Å²) in [5, 5.41) is 1.33. The van der Waals surface area contributed by atoms with E-state index in [0.29, 0.717) is 35.4 Å². The number of hydrogen-bond acceptors (Lipinski definition) is 3. The predicted octanol–water partition coefficient (Wildman–Crippen LogP) is 5.47. The molecule has 200 valence electrons. The molecule has 0 radical (unpaired) electrons. The number of hydrogen-bond donors (Lipinski definition) is 0. The number of piperidine rings is 1. The van der Waals surface area contributed by atoms with E-state index in [4.69, 9.17) is 11.6 Å². The summed E-state index contributed by atoms with van der Waals surface area (Å²) in [6.45, 7) is 3.23. The Morgan fingerprint density at radius 1 is 0.816 bits per heavy atom. The Hall–Kier alpha value is -2.97. The molecule has 0 unspecified atom stereocenters. The van der Waals surface area contributed by atoms with Crippen LogP contribution in [0.5, 0.6) is 0 Å². The van der Waals surface area contributed by atoms with Gasteiger partial charge in [-0.3, -0.25) is 14.5 Å². The predicted molar refractivity (Wildman–Crippen MR) is 143 cm³/mol. The Morgan fingerprint density at radius 3 is 2.11 bits per heavy atom. The van der Waals surface area contributed by atoms with Crippen LogP contribution in [0.1, 0.15) is 53.0 Å². The zero-order valence-electron chi connectivity index (χ0n) is 21.2. The molecular weight excluding hydrogens is 510 g/mol. The minimum Gasteiger partial charge on any atom is -0.337 e. The highest BCUT2D eigenvalue weighted by Gasteiger charge is 2.37. The first-order chi connectivity index (χ1) is 18.3. The molecule has 3 heterocycles. The number of carbonyl (C=O) groups is 2. The van der Waals surface area contributed by atoms with Crippen LogP contribution in [0.15, 0.2) is 48.5 Å². The molecule has 0 atom stereocenters. The van der Waals surface area contributed by atoms with Gasteiger partial charge in [0.15, 0.2) is 0 Å². The Kier molecular flexibility index (Phi) is 6.64. The zero-order chi connectivity index (χ0) is 26.4. The van der Waals surface area contributed by atoms with E-state index in [1.54, 1.807) is 18.2 Å². The minimum atomic E-state index is -2.74. The lowest BCUT2D eigenvalue weighted by Gasteiger charge is -2.42. The molecule has 6 rings (SSSR count). The maximum absolute atomic E-state index is 13.8. The molecule has 2 amide bonds. The van der Waals surface area contributed by atoms with E-state index >= 15 is 0 Å². The van der Waals surface area contributed by atoms with Crippen molar-refractivity contribution in [3.8, 4) is 5.69 Å². The number of amides is 2. The molecule has 2 aromatic carbocycles. The molecule has 3 aliphatic rings. The minimum absolute atomic E-state index is 0.00451. The molecule has 0 N–H and O–H groups in total. The summed E-state index contributed by atoms with van der Waals surface area (Å²) >= 11 is 6.11. The summed E-state index contributed by atoms with van der Waals surface area (Å²) in [7, 11) is 0. The smallest absolute Gasteiger partial charge is 0.270 e. The van der Waals surface area contributed by atoms with Crippen molar-refractivity contribution < 1.29 is 18.4 Å². The number of aromatic nitrogens is 1. The molecule has 2 saturated heterocycles. The highest BCUT2D eigenvalue weighted by molar-refractivity contribution is 6.30. The van der Waals surface area contributed by atoms with E-state index in [9.17, 15) is 18.4 Å². The third-order valence-corrected chi connectivity index (χ3v) is 8.58. The maximum Gasteiger partial charge on any atom is 0.270 e. The van der Waals surface area contributed by atoms with Crippen molar-refractivity contribution in [2.24, 2.45) is 0 Å². The van der Waals surface area contributed by atoms with Crippen molar-refractivity contribution in [3.05, 3.63) is 64.8 Å². The summed E-state index contributed by atoms with van der Waals surface area (Å²) < 4.78 is 29.3. The molecule has 0 bridgehead atoms.